The van der Waals surface area contributed by atoms with E-state index >= 15 is 0 Å². The Kier molecular flexibility index (Phi) is 4.66. The molecular weight excluding hydrogens is 292 g/mol. The molecule has 124 valence electrons. The highest BCUT2D eigenvalue weighted by Gasteiger charge is 2.38. The highest BCUT2D eigenvalue weighted by atomic mass is 16.5. The van der Waals surface area contributed by atoms with Crippen LogP contribution in [-0.4, -0.2) is 31.1 Å². The molecule has 0 bridgehead atoms. The first kappa shape index (κ1) is 16.0. The fourth-order valence-corrected chi connectivity index (χ4v) is 3.78. The molecule has 0 spiro atoms. The van der Waals surface area contributed by atoms with Crippen molar-refractivity contribution in [3.05, 3.63) is 29.3 Å². The van der Waals surface area contributed by atoms with Gasteiger partial charge in [0.25, 0.3) is 0 Å². The van der Waals surface area contributed by atoms with Gasteiger partial charge in [-0.1, -0.05) is 18.9 Å². The number of aryl methyl sites for hydroxylation is 1. The van der Waals surface area contributed by atoms with E-state index in [-0.39, 0.29) is 17.9 Å². The van der Waals surface area contributed by atoms with Crippen molar-refractivity contribution in [2.45, 2.75) is 51.1 Å². The Bertz CT molecular complexity index is 600. The smallest absolute Gasteiger partial charge is 0.338 e. The Morgan fingerprint density at radius 3 is 2.78 bits per heavy atom. The molecule has 0 radical (unpaired) electrons. The van der Waals surface area contributed by atoms with E-state index in [1.54, 1.807) is 6.07 Å². The number of ether oxygens (including phenoxy) is 1. The summed E-state index contributed by atoms with van der Waals surface area (Å²) in [5.41, 5.74) is 1.95. The molecule has 1 aromatic carbocycles. The zero-order valence-electron chi connectivity index (χ0n) is 13.7. The number of hydrogen-bond donors (Lipinski definition) is 2. The molecule has 23 heavy (non-hydrogen) atoms. The Hall–Kier alpha value is -1.88. The van der Waals surface area contributed by atoms with E-state index < -0.39 is 0 Å². The minimum Gasteiger partial charge on any atom is -0.465 e. The van der Waals surface area contributed by atoms with Gasteiger partial charge in [-0.05, 0) is 49.8 Å². The summed E-state index contributed by atoms with van der Waals surface area (Å²) < 4.78 is 4.78. The molecule has 1 amide bonds. The number of nitrogens with one attached hydrogen (secondary N) is 2. The largest absolute Gasteiger partial charge is 0.465 e. The van der Waals surface area contributed by atoms with Crippen LogP contribution in [0.1, 0.15) is 48.0 Å². The highest BCUT2D eigenvalue weighted by Crippen LogP contribution is 2.33. The number of amides is 1. The van der Waals surface area contributed by atoms with Crippen LogP contribution in [0.4, 0.5) is 5.69 Å². The summed E-state index contributed by atoms with van der Waals surface area (Å²) in [4.78, 5) is 24.3. The van der Waals surface area contributed by atoms with Crippen LogP contribution in [0.2, 0.25) is 0 Å². The monoisotopic (exact) mass is 316 g/mol. The molecule has 1 saturated carbocycles. The van der Waals surface area contributed by atoms with E-state index in [9.17, 15) is 9.59 Å². The summed E-state index contributed by atoms with van der Waals surface area (Å²) in [6.45, 7) is 1.85. The van der Waals surface area contributed by atoms with E-state index in [1.807, 2.05) is 19.1 Å². The third kappa shape index (κ3) is 3.39. The van der Waals surface area contributed by atoms with Crippen molar-refractivity contribution in [3.8, 4) is 0 Å². The second-order valence-corrected chi connectivity index (χ2v) is 6.62. The third-order valence-electron chi connectivity index (χ3n) is 5.09. The summed E-state index contributed by atoms with van der Waals surface area (Å²) in [7, 11) is 1.36. The fraction of sp³-hybridized carbons (Fsp3) is 0.556. The average Bonchev–Trinajstić information content (AvgIpc) is 3.00. The molecular formula is C18H24N2O3. The lowest BCUT2D eigenvalue weighted by Gasteiger charge is -2.24. The van der Waals surface area contributed by atoms with E-state index in [1.165, 1.54) is 32.8 Å². The number of anilines is 1. The summed E-state index contributed by atoms with van der Waals surface area (Å²) >= 11 is 0. The zero-order chi connectivity index (χ0) is 16.4. The van der Waals surface area contributed by atoms with Crippen molar-refractivity contribution in [2.24, 2.45) is 5.92 Å². The predicted octanol–water partition coefficient (Wildman–Crippen LogP) is 2.64. The molecule has 2 fully saturated rings. The molecule has 1 aliphatic carbocycles. The second kappa shape index (κ2) is 6.71. The highest BCUT2D eigenvalue weighted by molar-refractivity contribution is 5.97. The van der Waals surface area contributed by atoms with Gasteiger partial charge in [0.05, 0.1) is 18.7 Å². The Morgan fingerprint density at radius 1 is 1.26 bits per heavy atom. The van der Waals surface area contributed by atoms with Crippen LogP contribution in [-0.2, 0) is 9.53 Å². The van der Waals surface area contributed by atoms with Crippen molar-refractivity contribution in [1.82, 2.24) is 5.32 Å². The molecule has 1 aliphatic heterocycles. The molecule has 3 unspecified atom stereocenters. The van der Waals surface area contributed by atoms with Crippen molar-refractivity contribution < 1.29 is 14.3 Å². The van der Waals surface area contributed by atoms with Crippen LogP contribution < -0.4 is 10.6 Å². The Morgan fingerprint density at radius 2 is 2.04 bits per heavy atom. The van der Waals surface area contributed by atoms with Crippen molar-refractivity contribution in [3.63, 3.8) is 0 Å². The number of carbonyl (C=O) groups is 2. The maximum Gasteiger partial charge on any atom is 0.338 e. The Labute approximate surface area is 136 Å². The first-order valence-corrected chi connectivity index (χ1v) is 8.34. The number of benzene rings is 1. The lowest BCUT2D eigenvalue weighted by atomic mass is 9.85. The van der Waals surface area contributed by atoms with Crippen molar-refractivity contribution >= 4 is 17.6 Å². The average molecular weight is 316 g/mol. The van der Waals surface area contributed by atoms with Crippen LogP contribution in [0.3, 0.4) is 0 Å². The third-order valence-corrected chi connectivity index (χ3v) is 5.09. The molecule has 1 heterocycles. The van der Waals surface area contributed by atoms with Gasteiger partial charge in [0, 0.05) is 11.7 Å². The number of hydrogen-bond acceptors (Lipinski definition) is 4. The van der Waals surface area contributed by atoms with Crippen LogP contribution >= 0.6 is 0 Å². The maximum atomic E-state index is 12.5. The van der Waals surface area contributed by atoms with E-state index in [0.29, 0.717) is 23.2 Å². The topological polar surface area (TPSA) is 67.4 Å². The lowest BCUT2D eigenvalue weighted by Crippen LogP contribution is -2.39. The van der Waals surface area contributed by atoms with Crippen molar-refractivity contribution in [2.75, 3.05) is 12.4 Å². The standard InChI is InChI=1S/C18H24N2O3/c1-11-7-8-13(10-14(11)18(22)23-2)19-17(21)16-9-12-5-3-4-6-15(12)20-16/h7-8,10,12,15-16,20H,3-6,9H2,1-2H3,(H,19,21). The molecule has 5 nitrogen and oxygen atoms in total. The first-order chi connectivity index (χ1) is 11.1. The van der Waals surface area contributed by atoms with Gasteiger partial charge >= 0.3 is 5.97 Å². The van der Waals surface area contributed by atoms with Gasteiger partial charge in [-0.2, -0.15) is 0 Å². The molecule has 2 N–H and O–H groups in total. The van der Waals surface area contributed by atoms with Crippen LogP contribution in [0.15, 0.2) is 18.2 Å². The van der Waals surface area contributed by atoms with Gasteiger partial charge < -0.3 is 15.4 Å². The van der Waals surface area contributed by atoms with Crippen LogP contribution in [0.25, 0.3) is 0 Å². The number of esters is 1. The van der Waals surface area contributed by atoms with Gasteiger partial charge in [0.2, 0.25) is 5.91 Å². The van der Waals surface area contributed by atoms with Gasteiger partial charge in [-0.3, -0.25) is 4.79 Å². The predicted molar refractivity (Wildman–Crippen MR) is 88.4 cm³/mol. The van der Waals surface area contributed by atoms with E-state index in [4.69, 9.17) is 4.74 Å². The van der Waals surface area contributed by atoms with Gasteiger partial charge in [-0.25, -0.2) is 4.79 Å². The minimum atomic E-state index is -0.386. The molecule has 1 aromatic rings. The van der Waals surface area contributed by atoms with Gasteiger partial charge in [0.15, 0.2) is 0 Å². The zero-order valence-corrected chi connectivity index (χ0v) is 13.7. The SMILES string of the molecule is COC(=O)c1cc(NC(=O)C2CC3CCCCC3N2)ccc1C. The van der Waals surface area contributed by atoms with E-state index in [2.05, 4.69) is 10.6 Å². The quantitative estimate of drug-likeness (QED) is 0.841. The molecule has 3 rings (SSSR count). The fourth-order valence-electron chi connectivity index (χ4n) is 3.78. The minimum absolute atomic E-state index is 0.0148. The molecule has 2 aliphatic rings. The number of carbonyl (C=O) groups excluding carboxylic acids is 2. The molecule has 1 saturated heterocycles. The number of rotatable bonds is 3. The number of fused-ring (bicyclic) bond motifs is 1. The Balaban J connectivity index is 1.67. The van der Waals surface area contributed by atoms with Crippen LogP contribution in [0.5, 0.6) is 0 Å². The summed E-state index contributed by atoms with van der Waals surface area (Å²) in [6.07, 6.45) is 5.83. The second-order valence-electron chi connectivity index (χ2n) is 6.62. The molecule has 0 aromatic heterocycles. The van der Waals surface area contributed by atoms with Gasteiger partial charge in [-0.15, -0.1) is 0 Å². The normalized spacial score (nSPS) is 26.4. The summed E-state index contributed by atoms with van der Waals surface area (Å²) in [5, 5.41) is 6.40. The first-order valence-electron chi connectivity index (χ1n) is 8.34. The van der Waals surface area contributed by atoms with Gasteiger partial charge in [0.1, 0.15) is 0 Å². The number of methoxy groups -OCH3 is 1. The van der Waals surface area contributed by atoms with Crippen molar-refractivity contribution in [1.29, 1.82) is 0 Å². The lowest BCUT2D eigenvalue weighted by molar-refractivity contribution is -0.117. The summed E-state index contributed by atoms with van der Waals surface area (Å²) in [5.74, 6) is 0.228. The molecule has 3 atom stereocenters. The maximum absolute atomic E-state index is 12.5. The summed E-state index contributed by atoms with van der Waals surface area (Å²) in [6, 6.07) is 5.68. The molecule has 5 heteroatoms. The van der Waals surface area contributed by atoms with Crippen LogP contribution in [0, 0.1) is 12.8 Å². The van der Waals surface area contributed by atoms with E-state index in [0.717, 1.165) is 12.0 Å².